The molecule has 1 atom stereocenters. The Morgan fingerprint density at radius 2 is 1.61 bits per heavy atom. The molecule has 1 nitrogen and oxygen atoms in total. The fraction of sp³-hybridized carbons (Fsp3) is 0.231. The first-order valence-corrected chi connectivity index (χ1v) is 6.18. The van der Waals surface area contributed by atoms with Crippen LogP contribution in [0.4, 0.5) is 13.2 Å². The zero-order chi connectivity index (χ0) is 13.4. The summed E-state index contributed by atoms with van der Waals surface area (Å²) in [7, 11) is 0. The highest BCUT2D eigenvalue weighted by Gasteiger charge is 2.18. The van der Waals surface area contributed by atoms with Crippen LogP contribution in [-0.2, 0) is 0 Å². The van der Waals surface area contributed by atoms with E-state index in [9.17, 15) is 13.2 Å². The Hall–Kier alpha value is -1.33. The minimum Gasteiger partial charge on any atom is -0.320 e. The number of halogens is 3. The van der Waals surface area contributed by atoms with Gasteiger partial charge >= 0.3 is 0 Å². The van der Waals surface area contributed by atoms with Gasteiger partial charge in [0.15, 0.2) is 17.5 Å². The van der Waals surface area contributed by atoms with Gasteiger partial charge in [0.05, 0.1) is 6.04 Å². The lowest BCUT2D eigenvalue weighted by Gasteiger charge is -2.12. The average Bonchev–Trinajstić information content (AvgIpc) is 2.63. The van der Waals surface area contributed by atoms with Crippen molar-refractivity contribution in [2.75, 3.05) is 0 Å². The van der Waals surface area contributed by atoms with Crippen LogP contribution in [0.5, 0.6) is 0 Å². The van der Waals surface area contributed by atoms with Crippen molar-refractivity contribution in [1.29, 1.82) is 0 Å². The van der Waals surface area contributed by atoms with Crippen LogP contribution in [0.1, 0.15) is 26.9 Å². The molecule has 1 aromatic carbocycles. The second-order valence-electron chi connectivity index (χ2n) is 4.14. The first-order chi connectivity index (χ1) is 8.40. The van der Waals surface area contributed by atoms with Gasteiger partial charge in [0.1, 0.15) is 0 Å². The number of hydrogen-bond acceptors (Lipinski definition) is 2. The van der Waals surface area contributed by atoms with Crippen LogP contribution in [0, 0.1) is 31.3 Å². The van der Waals surface area contributed by atoms with Crippen LogP contribution in [0.3, 0.4) is 0 Å². The molecule has 5 heteroatoms. The molecule has 2 N–H and O–H groups in total. The maximum atomic E-state index is 13.2. The molecule has 2 aromatic rings. The Morgan fingerprint density at radius 1 is 1.06 bits per heavy atom. The summed E-state index contributed by atoms with van der Waals surface area (Å²) in [6, 6.07) is 3.11. The summed E-state index contributed by atoms with van der Waals surface area (Å²) in [5, 5.41) is 0. The first kappa shape index (κ1) is 13.1. The molecule has 1 aromatic heterocycles. The average molecular weight is 271 g/mol. The molecule has 0 spiro atoms. The van der Waals surface area contributed by atoms with Crippen molar-refractivity contribution in [3.8, 4) is 0 Å². The molecule has 0 saturated heterocycles. The van der Waals surface area contributed by atoms with E-state index in [2.05, 4.69) is 0 Å². The van der Waals surface area contributed by atoms with Crippen LogP contribution in [0.15, 0.2) is 18.2 Å². The number of thiophene rings is 1. The highest BCUT2D eigenvalue weighted by Crippen LogP contribution is 2.30. The minimum atomic E-state index is -1.47. The predicted octanol–water partition coefficient (Wildman–Crippen LogP) is 3.83. The van der Waals surface area contributed by atoms with Gasteiger partial charge in [-0.25, -0.2) is 13.2 Å². The molecule has 0 saturated carbocycles. The number of hydrogen-bond donors (Lipinski definition) is 1. The van der Waals surface area contributed by atoms with E-state index >= 15 is 0 Å². The quantitative estimate of drug-likeness (QED) is 0.825. The summed E-state index contributed by atoms with van der Waals surface area (Å²) in [6.45, 7) is 3.82. The Labute approximate surface area is 107 Å². The standard InChI is InChI=1S/C13H12F3NS/c1-6-3-9(7(2)18-6)13(17)8-4-10(14)12(16)11(15)5-8/h3-5,13H,17H2,1-2H3. The summed E-state index contributed by atoms with van der Waals surface area (Å²) in [5.74, 6) is -3.90. The van der Waals surface area contributed by atoms with Crippen molar-refractivity contribution in [2.45, 2.75) is 19.9 Å². The molecule has 1 unspecified atom stereocenters. The minimum absolute atomic E-state index is 0.229. The maximum Gasteiger partial charge on any atom is 0.194 e. The summed E-state index contributed by atoms with van der Waals surface area (Å²) in [4.78, 5) is 2.06. The van der Waals surface area contributed by atoms with Crippen LogP contribution >= 0.6 is 11.3 Å². The van der Waals surface area contributed by atoms with Crippen molar-refractivity contribution in [3.63, 3.8) is 0 Å². The molecule has 0 amide bonds. The number of rotatable bonds is 2. The zero-order valence-electron chi connectivity index (χ0n) is 9.93. The molecule has 0 aliphatic carbocycles. The topological polar surface area (TPSA) is 26.0 Å². The Bertz CT molecular complexity index is 569. The Morgan fingerprint density at radius 3 is 2.06 bits per heavy atom. The van der Waals surface area contributed by atoms with Crippen LogP contribution in [0.2, 0.25) is 0 Å². The van der Waals surface area contributed by atoms with Gasteiger partial charge in [0.25, 0.3) is 0 Å². The van der Waals surface area contributed by atoms with Crippen LogP contribution in [-0.4, -0.2) is 0 Å². The normalized spacial score (nSPS) is 12.8. The lowest BCUT2D eigenvalue weighted by atomic mass is 9.99. The SMILES string of the molecule is Cc1cc(C(N)c2cc(F)c(F)c(F)c2)c(C)s1. The van der Waals surface area contributed by atoms with E-state index in [1.807, 2.05) is 19.9 Å². The Balaban J connectivity index is 2.46. The van der Waals surface area contributed by atoms with Crippen molar-refractivity contribution >= 4 is 11.3 Å². The van der Waals surface area contributed by atoms with E-state index in [1.54, 1.807) is 11.3 Å². The van der Waals surface area contributed by atoms with Crippen molar-refractivity contribution in [1.82, 2.24) is 0 Å². The Kier molecular flexibility index (Phi) is 3.45. The third-order valence-corrected chi connectivity index (χ3v) is 3.76. The highest BCUT2D eigenvalue weighted by atomic mass is 32.1. The first-order valence-electron chi connectivity index (χ1n) is 5.37. The molecule has 0 fully saturated rings. The predicted molar refractivity (Wildman–Crippen MR) is 66.1 cm³/mol. The molecular formula is C13H12F3NS. The molecular weight excluding hydrogens is 259 g/mol. The third-order valence-electron chi connectivity index (χ3n) is 2.78. The smallest absolute Gasteiger partial charge is 0.194 e. The third kappa shape index (κ3) is 2.28. The maximum absolute atomic E-state index is 13.2. The van der Waals surface area contributed by atoms with E-state index in [-0.39, 0.29) is 5.56 Å². The van der Waals surface area contributed by atoms with Crippen molar-refractivity contribution in [2.24, 2.45) is 5.73 Å². The van der Waals surface area contributed by atoms with Gasteiger partial charge in [-0.05, 0) is 43.2 Å². The van der Waals surface area contributed by atoms with Gasteiger partial charge in [-0.1, -0.05) is 0 Å². The van der Waals surface area contributed by atoms with E-state index in [1.165, 1.54) is 0 Å². The molecule has 96 valence electrons. The number of aryl methyl sites for hydroxylation is 2. The van der Waals surface area contributed by atoms with E-state index < -0.39 is 23.5 Å². The summed E-state index contributed by atoms with van der Waals surface area (Å²) >= 11 is 1.56. The van der Waals surface area contributed by atoms with Crippen LogP contribution in [0.25, 0.3) is 0 Å². The lowest BCUT2D eigenvalue weighted by molar-refractivity contribution is 0.444. The molecule has 18 heavy (non-hydrogen) atoms. The van der Waals surface area contributed by atoms with Gasteiger partial charge in [-0.2, -0.15) is 0 Å². The summed E-state index contributed by atoms with van der Waals surface area (Å²) in [6.07, 6.45) is 0. The monoisotopic (exact) mass is 271 g/mol. The largest absolute Gasteiger partial charge is 0.320 e. The molecule has 0 aliphatic heterocycles. The van der Waals surface area contributed by atoms with E-state index in [0.29, 0.717) is 0 Å². The number of benzene rings is 1. The second-order valence-corrected chi connectivity index (χ2v) is 5.61. The molecule has 0 radical (unpaired) electrons. The van der Waals surface area contributed by atoms with Gasteiger partial charge in [0, 0.05) is 9.75 Å². The summed E-state index contributed by atoms with van der Waals surface area (Å²) in [5.41, 5.74) is 7.01. The fourth-order valence-corrected chi connectivity index (χ4v) is 2.87. The second kappa shape index (κ2) is 4.74. The lowest BCUT2D eigenvalue weighted by Crippen LogP contribution is -2.13. The molecule has 0 aliphatic rings. The summed E-state index contributed by atoms with van der Waals surface area (Å²) < 4.78 is 39.2. The zero-order valence-corrected chi connectivity index (χ0v) is 10.7. The fourth-order valence-electron chi connectivity index (χ4n) is 1.89. The number of nitrogens with two attached hydrogens (primary N) is 1. The van der Waals surface area contributed by atoms with Gasteiger partial charge in [0.2, 0.25) is 0 Å². The van der Waals surface area contributed by atoms with Crippen molar-refractivity contribution in [3.05, 3.63) is 56.5 Å². The van der Waals surface area contributed by atoms with E-state index in [4.69, 9.17) is 5.73 Å². The van der Waals surface area contributed by atoms with E-state index in [0.717, 1.165) is 27.5 Å². The molecule has 2 rings (SSSR count). The van der Waals surface area contributed by atoms with Gasteiger partial charge in [-0.15, -0.1) is 11.3 Å². The highest BCUT2D eigenvalue weighted by molar-refractivity contribution is 7.12. The molecule has 1 heterocycles. The van der Waals surface area contributed by atoms with Gasteiger partial charge < -0.3 is 5.73 Å². The molecule has 0 bridgehead atoms. The van der Waals surface area contributed by atoms with Gasteiger partial charge in [-0.3, -0.25) is 0 Å². The van der Waals surface area contributed by atoms with Crippen molar-refractivity contribution < 1.29 is 13.2 Å². The van der Waals surface area contributed by atoms with Crippen LogP contribution < -0.4 is 5.73 Å².